The molecule has 1 N–H and O–H groups in total. The largest absolute Gasteiger partial charge is 0.377 e. The first-order valence-corrected chi connectivity index (χ1v) is 5.88. The van der Waals surface area contributed by atoms with Crippen LogP contribution in [-0.2, 0) is 14.8 Å². The SMILES string of the molecule is CCS(=O)(=O)NCC1CCCO1.Cl.Cl. The normalized spacial score (nSPS) is 21.1. The van der Waals surface area contributed by atoms with Gasteiger partial charge < -0.3 is 4.74 Å². The maximum Gasteiger partial charge on any atom is 0.211 e. The lowest BCUT2D eigenvalue weighted by atomic mass is 10.2. The monoisotopic (exact) mass is 265 g/mol. The van der Waals surface area contributed by atoms with E-state index in [0.717, 1.165) is 19.4 Å². The molecule has 0 aromatic rings. The first kappa shape index (κ1) is 16.9. The number of hydrogen-bond donors (Lipinski definition) is 1. The van der Waals surface area contributed by atoms with E-state index < -0.39 is 10.0 Å². The highest BCUT2D eigenvalue weighted by atomic mass is 35.5. The summed E-state index contributed by atoms with van der Waals surface area (Å²) in [7, 11) is -3.04. The summed E-state index contributed by atoms with van der Waals surface area (Å²) >= 11 is 0. The quantitative estimate of drug-likeness (QED) is 0.824. The van der Waals surface area contributed by atoms with E-state index in [4.69, 9.17) is 4.74 Å². The van der Waals surface area contributed by atoms with Crippen molar-refractivity contribution < 1.29 is 13.2 Å². The average molecular weight is 266 g/mol. The summed E-state index contributed by atoms with van der Waals surface area (Å²) in [4.78, 5) is 0. The Labute approximate surface area is 97.7 Å². The molecule has 0 aromatic heterocycles. The maximum absolute atomic E-state index is 11.0. The van der Waals surface area contributed by atoms with Crippen molar-refractivity contribution >= 4 is 34.8 Å². The fourth-order valence-corrected chi connectivity index (χ4v) is 1.77. The first-order chi connectivity index (χ1) is 5.64. The Hall–Kier alpha value is 0.450. The van der Waals surface area contributed by atoms with Crippen molar-refractivity contribution in [1.82, 2.24) is 4.72 Å². The summed E-state index contributed by atoms with van der Waals surface area (Å²) < 4.78 is 29.7. The zero-order chi connectivity index (χ0) is 9.03. The van der Waals surface area contributed by atoms with Crippen molar-refractivity contribution in [2.24, 2.45) is 0 Å². The van der Waals surface area contributed by atoms with Crippen LogP contribution in [0.5, 0.6) is 0 Å². The minimum absolute atomic E-state index is 0. The summed E-state index contributed by atoms with van der Waals surface area (Å²) in [5.74, 6) is 0.139. The standard InChI is InChI=1S/C7H15NO3S.2ClH/c1-2-12(9,10)8-6-7-4-3-5-11-7;;/h7-8H,2-6H2,1H3;2*1H. The molecule has 0 aliphatic carbocycles. The van der Waals surface area contributed by atoms with E-state index in [1.165, 1.54) is 0 Å². The molecule has 14 heavy (non-hydrogen) atoms. The Morgan fingerprint density at radius 2 is 2.07 bits per heavy atom. The van der Waals surface area contributed by atoms with Crippen LogP contribution in [0.15, 0.2) is 0 Å². The Kier molecular flexibility index (Phi) is 9.28. The number of ether oxygens (including phenoxy) is 1. The van der Waals surface area contributed by atoms with Gasteiger partial charge in [0.05, 0.1) is 11.9 Å². The molecule has 0 aromatic carbocycles. The third-order valence-corrected chi connectivity index (χ3v) is 3.30. The number of hydrogen-bond acceptors (Lipinski definition) is 3. The average Bonchev–Trinajstić information content (AvgIpc) is 2.53. The second kappa shape index (κ2) is 7.70. The molecular weight excluding hydrogens is 249 g/mol. The molecule has 1 atom stereocenters. The minimum atomic E-state index is -3.04. The van der Waals surface area contributed by atoms with Gasteiger partial charge in [-0.3, -0.25) is 0 Å². The van der Waals surface area contributed by atoms with Crippen LogP contribution in [-0.4, -0.2) is 33.4 Å². The van der Waals surface area contributed by atoms with Gasteiger partial charge in [0.25, 0.3) is 0 Å². The zero-order valence-electron chi connectivity index (χ0n) is 8.06. The number of nitrogens with one attached hydrogen (secondary N) is 1. The van der Waals surface area contributed by atoms with Gasteiger partial charge in [0, 0.05) is 13.2 Å². The highest BCUT2D eigenvalue weighted by molar-refractivity contribution is 7.89. The molecule has 0 saturated carbocycles. The molecule has 0 amide bonds. The van der Waals surface area contributed by atoms with Crippen molar-refractivity contribution in [2.45, 2.75) is 25.9 Å². The maximum atomic E-state index is 11.0. The van der Waals surface area contributed by atoms with E-state index in [2.05, 4.69) is 4.72 Å². The van der Waals surface area contributed by atoms with Gasteiger partial charge in [0.2, 0.25) is 10.0 Å². The molecule has 4 nitrogen and oxygen atoms in total. The smallest absolute Gasteiger partial charge is 0.211 e. The summed E-state index contributed by atoms with van der Waals surface area (Å²) in [5, 5.41) is 0. The fraction of sp³-hybridized carbons (Fsp3) is 1.00. The molecular formula is C7H17Cl2NO3S. The highest BCUT2D eigenvalue weighted by Crippen LogP contribution is 2.10. The van der Waals surface area contributed by atoms with Gasteiger partial charge in [0.15, 0.2) is 0 Å². The first-order valence-electron chi connectivity index (χ1n) is 4.23. The van der Waals surface area contributed by atoms with E-state index in [1.54, 1.807) is 6.92 Å². The van der Waals surface area contributed by atoms with Crippen molar-refractivity contribution in [3.05, 3.63) is 0 Å². The van der Waals surface area contributed by atoms with Crippen LogP contribution in [0.25, 0.3) is 0 Å². The summed E-state index contributed by atoms with van der Waals surface area (Å²) in [6.45, 7) is 2.81. The molecule has 1 saturated heterocycles. The Balaban J connectivity index is 0. The second-order valence-electron chi connectivity index (χ2n) is 2.89. The van der Waals surface area contributed by atoms with E-state index in [1.807, 2.05) is 0 Å². The van der Waals surface area contributed by atoms with Crippen LogP contribution in [0.2, 0.25) is 0 Å². The van der Waals surface area contributed by atoms with E-state index in [-0.39, 0.29) is 36.7 Å². The highest BCUT2D eigenvalue weighted by Gasteiger charge is 2.17. The van der Waals surface area contributed by atoms with Gasteiger partial charge >= 0.3 is 0 Å². The van der Waals surface area contributed by atoms with Crippen LogP contribution in [0.1, 0.15) is 19.8 Å². The number of halogens is 2. The molecule has 0 spiro atoms. The van der Waals surface area contributed by atoms with Crippen LogP contribution in [0, 0.1) is 0 Å². The van der Waals surface area contributed by atoms with E-state index >= 15 is 0 Å². The molecule has 1 unspecified atom stereocenters. The molecule has 1 aliphatic rings. The Bertz CT molecular complexity index is 227. The lowest BCUT2D eigenvalue weighted by Gasteiger charge is -2.09. The number of rotatable bonds is 4. The van der Waals surface area contributed by atoms with E-state index in [0.29, 0.717) is 6.54 Å². The Morgan fingerprint density at radius 1 is 1.43 bits per heavy atom. The predicted molar refractivity (Wildman–Crippen MR) is 60.9 cm³/mol. The van der Waals surface area contributed by atoms with Crippen molar-refractivity contribution in [1.29, 1.82) is 0 Å². The van der Waals surface area contributed by atoms with Crippen molar-refractivity contribution in [2.75, 3.05) is 18.9 Å². The zero-order valence-corrected chi connectivity index (χ0v) is 10.5. The van der Waals surface area contributed by atoms with Gasteiger partial charge in [-0.05, 0) is 19.8 Å². The van der Waals surface area contributed by atoms with E-state index in [9.17, 15) is 8.42 Å². The van der Waals surface area contributed by atoms with Gasteiger partial charge in [-0.1, -0.05) is 0 Å². The molecule has 1 heterocycles. The Morgan fingerprint density at radius 3 is 2.50 bits per heavy atom. The predicted octanol–water partition coefficient (Wildman–Crippen LogP) is 0.948. The molecule has 88 valence electrons. The molecule has 0 radical (unpaired) electrons. The van der Waals surface area contributed by atoms with Crippen LogP contribution in [0.3, 0.4) is 0 Å². The van der Waals surface area contributed by atoms with Gasteiger partial charge in [-0.2, -0.15) is 0 Å². The molecule has 0 bridgehead atoms. The molecule has 1 aliphatic heterocycles. The van der Waals surface area contributed by atoms with Crippen molar-refractivity contribution in [3.63, 3.8) is 0 Å². The summed E-state index contributed by atoms with van der Waals surface area (Å²) in [5.41, 5.74) is 0. The van der Waals surface area contributed by atoms with Crippen molar-refractivity contribution in [3.8, 4) is 0 Å². The molecule has 1 rings (SSSR count). The molecule has 7 heteroatoms. The summed E-state index contributed by atoms with van der Waals surface area (Å²) in [6.07, 6.45) is 2.09. The van der Waals surface area contributed by atoms with Gasteiger partial charge in [-0.15, -0.1) is 24.8 Å². The minimum Gasteiger partial charge on any atom is -0.377 e. The molecule has 1 fully saturated rings. The van der Waals surface area contributed by atoms with Crippen LogP contribution >= 0.6 is 24.8 Å². The van der Waals surface area contributed by atoms with Gasteiger partial charge in [-0.25, -0.2) is 13.1 Å². The lowest BCUT2D eigenvalue weighted by Crippen LogP contribution is -2.32. The third kappa shape index (κ3) is 6.03. The fourth-order valence-electron chi connectivity index (χ4n) is 1.13. The lowest BCUT2D eigenvalue weighted by molar-refractivity contribution is 0.114. The third-order valence-electron chi connectivity index (χ3n) is 1.93. The second-order valence-corrected chi connectivity index (χ2v) is 4.98. The number of sulfonamides is 1. The topological polar surface area (TPSA) is 55.4 Å². The van der Waals surface area contributed by atoms with Crippen LogP contribution in [0.4, 0.5) is 0 Å². The van der Waals surface area contributed by atoms with Crippen LogP contribution < -0.4 is 4.72 Å². The summed E-state index contributed by atoms with van der Waals surface area (Å²) in [6, 6.07) is 0. The van der Waals surface area contributed by atoms with Gasteiger partial charge in [0.1, 0.15) is 0 Å².